The van der Waals surface area contributed by atoms with Gasteiger partial charge in [0.15, 0.2) is 5.65 Å². The van der Waals surface area contributed by atoms with Crippen LogP contribution >= 0.6 is 0 Å². The van der Waals surface area contributed by atoms with Gasteiger partial charge in [0, 0.05) is 17.7 Å². The number of pyridine rings is 1. The number of H-pyrrole nitrogens is 1. The fraction of sp³-hybridized carbons (Fsp3) is 0.375. The molecule has 3 fully saturated rings. The summed E-state index contributed by atoms with van der Waals surface area (Å²) >= 11 is 0. The van der Waals surface area contributed by atoms with Crippen LogP contribution in [0, 0.1) is 0 Å². The second kappa shape index (κ2) is 10.3. The van der Waals surface area contributed by atoms with Gasteiger partial charge in [-0.15, -0.1) is 5.10 Å². The second-order valence-electron chi connectivity index (χ2n) is 11.9. The zero-order valence-corrected chi connectivity index (χ0v) is 23.1. The molecule has 0 radical (unpaired) electrons. The van der Waals surface area contributed by atoms with Gasteiger partial charge in [0.2, 0.25) is 0 Å². The molecule has 0 aliphatic heterocycles. The number of anilines is 1. The SMILES string of the molecule is Nc1cc(C(CCNC23CCC(c4ccccc4)(CC2)CC3)c2ccn(Cc3cccc(O)c3)n2)c2nn[nH]c2n1. The minimum atomic E-state index is -0.0298. The monoisotopic (exact) mass is 548 g/mol. The summed E-state index contributed by atoms with van der Waals surface area (Å²) in [5.41, 5.74) is 12.5. The Balaban J connectivity index is 1.11. The maximum absolute atomic E-state index is 9.89. The summed E-state index contributed by atoms with van der Waals surface area (Å²) in [5.74, 6) is 0.661. The molecule has 8 rings (SSSR count). The summed E-state index contributed by atoms with van der Waals surface area (Å²) in [4.78, 5) is 4.39. The van der Waals surface area contributed by atoms with E-state index in [0.29, 0.717) is 23.4 Å². The summed E-state index contributed by atoms with van der Waals surface area (Å²) in [7, 11) is 0. The molecule has 210 valence electrons. The predicted molar refractivity (Wildman–Crippen MR) is 159 cm³/mol. The highest BCUT2D eigenvalue weighted by Crippen LogP contribution is 2.53. The number of nitrogens with one attached hydrogen (secondary N) is 2. The second-order valence-corrected chi connectivity index (χ2v) is 11.9. The number of nitrogens with zero attached hydrogens (tertiary/aromatic N) is 5. The quantitative estimate of drug-likeness (QED) is 0.203. The fourth-order valence-corrected chi connectivity index (χ4v) is 7.26. The van der Waals surface area contributed by atoms with Gasteiger partial charge in [0.25, 0.3) is 0 Å². The van der Waals surface area contributed by atoms with Gasteiger partial charge in [-0.25, -0.2) is 10.1 Å². The van der Waals surface area contributed by atoms with E-state index >= 15 is 0 Å². The molecule has 3 heterocycles. The number of aromatic amines is 1. The molecule has 9 heteroatoms. The van der Waals surface area contributed by atoms with Crippen LogP contribution < -0.4 is 11.1 Å². The Hall–Kier alpha value is -4.24. The molecular weight excluding hydrogens is 512 g/mol. The first-order chi connectivity index (χ1) is 20.0. The molecule has 1 unspecified atom stereocenters. The number of nitrogens with two attached hydrogens (primary N) is 1. The van der Waals surface area contributed by atoms with E-state index in [1.54, 1.807) is 12.1 Å². The third kappa shape index (κ3) is 4.95. The fourth-order valence-electron chi connectivity index (χ4n) is 7.26. The maximum atomic E-state index is 9.89. The van der Waals surface area contributed by atoms with Crippen molar-refractivity contribution in [3.63, 3.8) is 0 Å². The molecule has 2 bridgehead atoms. The average molecular weight is 549 g/mol. The molecule has 3 aromatic heterocycles. The molecule has 3 saturated carbocycles. The van der Waals surface area contributed by atoms with E-state index in [1.165, 1.54) is 44.1 Å². The van der Waals surface area contributed by atoms with Crippen LogP contribution in [0.1, 0.15) is 73.2 Å². The normalized spacial score (nSPS) is 22.7. The number of rotatable bonds is 9. The van der Waals surface area contributed by atoms with E-state index in [0.717, 1.165) is 35.3 Å². The standard InChI is InChI=1S/C32H36N8O/c33-28-20-26(29-30(35-28)37-39-36-29)25(27-10-18-40(38-27)21-22-5-4-8-24(41)19-22)9-17-34-32-14-11-31(12-15-32,13-16-32)23-6-2-1-3-7-23/h1-8,10,18-20,25,34,41H,9,11-17,21H2,(H3,33,35,36,37,39). The highest BCUT2D eigenvalue weighted by molar-refractivity contribution is 5.77. The first-order valence-corrected chi connectivity index (χ1v) is 14.6. The third-order valence-corrected chi connectivity index (χ3v) is 9.56. The van der Waals surface area contributed by atoms with Crippen molar-refractivity contribution in [1.29, 1.82) is 0 Å². The van der Waals surface area contributed by atoms with Crippen LogP contribution in [-0.4, -0.2) is 47.4 Å². The summed E-state index contributed by atoms with van der Waals surface area (Å²) in [6.45, 7) is 1.44. The van der Waals surface area contributed by atoms with Crippen molar-refractivity contribution in [3.8, 4) is 5.75 Å². The van der Waals surface area contributed by atoms with Crippen molar-refractivity contribution < 1.29 is 5.11 Å². The van der Waals surface area contributed by atoms with E-state index in [-0.39, 0.29) is 17.2 Å². The first kappa shape index (κ1) is 25.7. The van der Waals surface area contributed by atoms with Crippen molar-refractivity contribution in [2.45, 2.75) is 68.4 Å². The number of aromatic hydroxyl groups is 1. The number of nitrogen functional groups attached to an aromatic ring is 1. The lowest BCUT2D eigenvalue weighted by Crippen LogP contribution is -2.56. The van der Waals surface area contributed by atoms with Crippen molar-refractivity contribution in [2.24, 2.45) is 0 Å². The summed E-state index contributed by atoms with van der Waals surface area (Å²) < 4.78 is 1.92. The average Bonchev–Trinajstić information content (AvgIpc) is 3.66. The molecule has 0 spiro atoms. The lowest BCUT2D eigenvalue weighted by Gasteiger charge is -2.54. The van der Waals surface area contributed by atoms with E-state index in [9.17, 15) is 5.11 Å². The Bertz CT molecular complexity index is 1630. The Labute approximate surface area is 239 Å². The van der Waals surface area contributed by atoms with Gasteiger partial charge in [-0.2, -0.15) is 5.10 Å². The molecule has 2 aromatic carbocycles. The zero-order valence-electron chi connectivity index (χ0n) is 23.1. The molecule has 3 aliphatic rings. The largest absolute Gasteiger partial charge is 0.508 e. The molecule has 5 N–H and O–H groups in total. The van der Waals surface area contributed by atoms with Gasteiger partial charge in [0.05, 0.1) is 12.2 Å². The topological polar surface area (TPSA) is 131 Å². The highest BCUT2D eigenvalue weighted by Gasteiger charge is 2.48. The van der Waals surface area contributed by atoms with Crippen LogP contribution in [0.25, 0.3) is 11.2 Å². The van der Waals surface area contributed by atoms with Crippen molar-refractivity contribution in [2.75, 3.05) is 12.3 Å². The zero-order chi connectivity index (χ0) is 27.9. The number of hydrogen-bond donors (Lipinski definition) is 4. The van der Waals surface area contributed by atoms with E-state index in [4.69, 9.17) is 10.8 Å². The Kier molecular flexibility index (Phi) is 6.46. The maximum Gasteiger partial charge on any atom is 0.178 e. The van der Waals surface area contributed by atoms with Gasteiger partial charge in [-0.3, -0.25) is 4.68 Å². The van der Waals surface area contributed by atoms with Gasteiger partial charge < -0.3 is 16.2 Å². The molecule has 1 atom stereocenters. The first-order valence-electron chi connectivity index (χ1n) is 14.6. The van der Waals surface area contributed by atoms with Gasteiger partial charge >= 0.3 is 0 Å². The van der Waals surface area contributed by atoms with Crippen molar-refractivity contribution in [1.82, 2.24) is 35.5 Å². The number of phenolic OH excluding ortho intramolecular Hbond substituents is 1. The molecule has 0 saturated heterocycles. The van der Waals surface area contributed by atoms with Gasteiger partial charge in [-0.1, -0.05) is 47.7 Å². The molecule has 3 aliphatic carbocycles. The van der Waals surface area contributed by atoms with E-state index in [1.807, 2.05) is 29.1 Å². The highest BCUT2D eigenvalue weighted by atomic mass is 16.3. The van der Waals surface area contributed by atoms with E-state index in [2.05, 4.69) is 62.1 Å². The smallest absolute Gasteiger partial charge is 0.178 e. The summed E-state index contributed by atoms with van der Waals surface area (Å²) in [6, 6.07) is 22.4. The summed E-state index contributed by atoms with van der Waals surface area (Å²) in [5, 5.41) is 30.1. The molecule has 0 amide bonds. The lowest BCUT2D eigenvalue weighted by molar-refractivity contribution is 0.0770. The van der Waals surface area contributed by atoms with Crippen LogP contribution in [0.3, 0.4) is 0 Å². The number of phenols is 1. The van der Waals surface area contributed by atoms with Gasteiger partial charge in [-0.05, 0) is 97.9 Å². The molecule has 9 nitrogen and oxygen atoms in total. The van der Waals surface area contributed by atoms with Crippen molar-refractivity contribution in [3.05, 3.63) is 95.3 Å². The Morgan fingerprint density at radius 2 is 1.78 bits per heavy atom. The number of hydrogen-bond acceptors (Lipinski definition) is 7. The Morgan fingerprint density at radius 1 is 0.976 bits per heavy atom. The van der Waals surface area contributed by atoms with Crippen LogP contribution in [0.15, 0.2) is 72.9 Å². The minimum absolute atomic E-state index is 0.0298. The number of aromatic nitrogens is 6. The van der Waals surface area contributed by atoms with Gasteiger partial charge in [0.1, 0.15) is 17.1 Å². The lowest BCUT2D eigenvalue weighted by atomic mass is 9.55. The third-order valence-electron chi connectivity index (χ3n) is 9.56. The van der Waals surface area contributed by atoms with Crippen LogP contribution in [0.5, 0.6) is 5.75 Å². The summed E-state index contributed by atoms with van der Waals surface area (Å²) in [6.07, 6.45) is 10.2. The molecule has 5 aromatic rings. The van der Waals surface area contributed by atoms with E-state index < -0.39 is 0 Å². The minimum Gasteiger partial charge on any atom is -0.508 e. The number of benzene rings is 2. The van der Waals surface area contributed by atoms with Crippen molar-refractivity contribution >= 4 is 17.0 Å². The van der Waals surface area contributed by atoms with Crippen LogP contribution in [-0.2, 0) is 12.0 Å². The molecule has 41 heavy (non-hydrogen) atoms. The van der Waals surface area contributed by atoms with Crippen LogP contribution in [0.2, 0.25) is 0 Å². The Morgan fingerprint density at radius 3 is 2.56 bits per heavy atom. The van der Waals surface area contributed by atoms with Crippen LogP contribution in [0.4, 0.5) is 5.82 Å². The predicted octanol–water partition coefficient (Wildman–Crippen LogP) is 5.04. The molecular formula is C32H36N8O. The number of fused-ring (bicyclic) bond motifs is 4.